The highest BCUT2D eigenvalue weighted by atomic mass is 16.2. The second kappa shape index (κ2) is 4.74. The van der Waals surface area contributed by atoms with Gasteiger partial charge in [0.15, 0.2) is 0 Å². The molecule has 16 heavy (non-hydrogen) atoms. The SMILES string of the molecule is CC1CCC(CNC(=O)C2(C)CCCN2)C1. The van der Waals surface area contributed by atoms with Crippen LogP contribution in [0.25, 0.3) is 0 Å². The molecule has 1 aliphatic heterocycles. The Balaban J connectivity index is 1.75. The van der Waals surface area contributed by atoms with Gasteiger partial charge >= 0.3 is 0 Å². The van der Waals surface area contributed by atoms with E-state index in [9.17, 15) is 4.79 Å². The van der Waals surface area contributed by atoms with E-state index in [1.807, 2.05) is 6.92 Å². The molecule has 3 heteroatoms. The molecule has 3 nitrogen and oxygen atoms in total. The normalized spacial score (nSPS) is 38.9. The molecule has 0 bridgehead atoms. The molecule has 3 unspecified atom stereocenters. The average molecular weight is 224 g/mol. The van der Waals surface area contributed by atoms with Crippen molar-refractivity contribution in [1.29, 1.82) is 0 Å². The first-order valence-corrected chi connectivity index (χ1v) is 6.63. The molecular formula is C13H24N2O. The van der Waals surface area contributed by atoms with E-state index < -0.39 is 0 Å². The zero-order valence-electron chi connectivity index (χ0n) is 10.5. The quantitative estimate of drug-likeness (QED) is 0.766. The largest absolute Gasteiger partial charge is 0.354 e. The van der Waals surface area contributed by atoms with Crippen molar-refractivity contribution >= 4 is 5.91 Å². The van der Waals surface area contributed by atoms with E-state index in [0.717, 1.165) is 31.8 Å². The third-order valence-corrected chi connectivity index (χ3v) is 4.22. The number of nitrogens with one attached hydrogen (secondary N) is 2. The Morgan fingerprint density at radius 3 is 2.88 bits per heavy atom. The highest BCUT2D eigenvalue weighted by Gasteiger charge is 2.36. The number of hydrogen-bond acceptors (Lipinski definition) is 2. The molecule has 0 aromatic carbocycles. The minimum Gasteiger partial charge on any atom is -0.354 e. The summed E-state index contributed by atoms with van der Waals surface area (Å²) in [7, 11) is 0. The Kier molecular flexibility index (Phi) is 3.53. The van der Waals surface area contributed by atoms with Crippen molar-refractivity contribution < 1.29 is 4.79 Å². The summed E-state index contributed by atoms with van der Waals surface area (Å²) >= 11 is 0. The Hall–Kier alpha value is -0.570. The van der Waals surface area contributed by atoms with Crippen molar-refractivity contribution in [1.82, 2.24) is 10.6 Å². The molecule has 1 saturated carbocycles. The molecule has 2 fully saturated rings. The van der Waals surface area contributed by atoms with Crippen molar-refractivity contribution in [2.24, 2.45) is 11.8 Å². The first kappa shape index (κ1) is 11.9. The van der Waals surface area contributed by atoms with Crippen LogP contribution in [-0.2, 0) is 4.79 Å². The van der Waals surface area contributed by atoms with Gasteiger partial charge < -0.3 is 10.6 Å². The number of rotatable bonds is 3. The number of carbonyl (C=O) groups excluding carboxylic acids is 1. The molecule has 0 spiro atoms. The van der Waals surface area contributed by atoms with Crippen molar-refractivity contribution in [2.45, 2.75) is 51.5 Å². The second-order valence-corrected chi connectivity index (χ2v) is 5.86. The van der Waals surface area contributed by atoms with Gasteiger partial charge in [0.2, 0.25) is 5.91 Å². The van der Waals surface area contributed by atoms with Crippen LogP contribution >= 0.6 is 0 Å². The molecule has 1 amide bonds. The van der Waals surface area contributed by atoms with Gasteiger partial charge in [-0.3, -0.25) is 4.79 Å². The topological polar surface area (TPSA) is 41.1 Å². The summed E-state index contributed by atoms with van der Waals surface area (Å²) in [5, 5.41) is 6.43. The first-order valence-electron chi connectivity index (χ1n) is 6.63. The van der Waals surface area contributed by atoms with Gasteiger partial charge in [-0.1, -0.05) is 13.3 Å². The average Bonchev–Trinajstić information content (AvgIpc) is 2.85. The van der Waals surface area contributed by atoms with E-state index in [2.05, 4.69) is 17.6 Å². The summed E-state index contributed by atoms with van der Waals surface area (Å²) in [5.74, 6) is 1.76. The summed E-state index contributed by atoms with van der Waals surface area (Å²) < 4.78 is 0. The predicted molar refractivity (Wildman–Crippen MR) is 65.2 cm³/mol. The molecule has 0 radical (unpaired) electrons. The van der Waals surface area contributed by atoms with Crippen molar-refractivity contribution in [3.63, 3.8) is 0 Å². The Bertz CT molecular complexity index is 259. The maximum Gasteiger partial charge on any atom is 0.240 e. The smallest absolute Gasteiger partial charge is 0.240 e. The summed E-state index contributed by atoms with van der Waals surface area (Å²) in [4.78, 5) is 12.0. The minimum atomic E-state index is -0.301. The lowest BCUT2D eigenvalue weighted by Gasteiger charge is -2.24. The van der Waals surface area contributed by atoms with Gasteiger partial charge in [0.05, 0.1) is 5.54 Å². The van der Waals surface area contributed by atoms with Crippen LogP contribution in [0.15, 0.2) is 0 Å². The zero-order chi connectivity index (χ0) is 11.6. The fourth-order valence-corrected chi connectivity index (χ4v) is 3.03. The van der Waals surface area contributed by atoms with E-state index in [0.29, 0.717) is 5.92 Å². The molecule has 1 saturated heterocycles. The van der Waals surface area contributed by atoms with Crippen LogP contribution < -0.4 is 10.6 Å². The summed E-state index contributed by atoms with van der Waals surface area (Å²) in [5.41, 5.74) is -0.301. The number of hydrogen-bond donors (Lipinski definition) is 2. The van der Waals surface area contributed by atoms with E-state index in [1.54, 1.807) is 0 Å². The van der Waals surface area contributed by atoms with Crippen LogP contribution in [0.2, 0.25) is 0 Å². The Morgan fingerprint density at radius 2 is 2.31 bits per heavy atom. The van der Waals surface area contributed by atoms with Gasteiger partial charge in [-0.15, -0.1) is 0 Å². The van der Waals surface area contributed by atoms with Gasteiger partial charge in [0.1, 0.15) is 0 Å². The van der Waals surface area contributed by atoms with Gasteiger partial charge in [-0.25, -0.2) is 0 Å². The molecule has 3 atom stereocenters. The maximum absolute atomic E-state index is 12.0. The van der Waals surface area contributed by atoms with E-state index in [4.69, 9.17) is 0 Å². The molecule has 2 rings (SSSR count). The Labute approximate surface area is 98.4 Å². The lowest BCUT2D eigenvalue weighted by molar-refractivity contribution is -0.126. The molecule has 0 aromatic rings. The van der Waals surface area contributed by atoms with Crippen LogP contribution in [-0.4, -0.2) is 24.5 Å². The lowest BCUT2D eigenvalue weighted by Crippen LogP contribution is -2.51. The molecule has 2 aliphatic rings. The minimum absolute atomic E-state index is 0.199. The molecule has 0 aromatic heterocycles. The van der Waals surface area contributed by atoms with E-state index >= 15 is 0 Å². The monoisotopic (exact) mass is 224 g/mol. The molecule has 1 aliphatic carbocycles. The van der Waals surface area contributed by atoms with Crippen LogP contribution in [0.1, 0.15) is 46.0 Å². The summed E-state index contributed by atoms with van der Waals surface area (Å²) in [6.45, 7) is 6.18. The van der Waals surface area contributed by atoms with Crippen molar-refractivity contribution in [3.8, 4) is 0 Å². The van der Waals surface area contributed by atoms with Crippen LogP contribution in [0.4, 0.5) is 0 Å². The van der Waals surface area contributed by atoms with E-state index in [1.165, 1.54) is 19.3 Å². The molecule has 92 valence electrons. The highest BCUT2D eigenvalue weighted by molar-refractivity contribution is 5.86. The zero-order valence-corrected chi connectivity index (χ0v) is 10.5. The van der Waals surface area contributed by atoms with Gasteiger partial charge in [0.25, 0.3) is 0 Å². The standard InChI is InChI=1S/C13H24N2O/c1-10-4-5-11(8-10)9-14-12(16)13(2)6-3-7-15-13/h10-11,15H,3-9H2,1-2H3,(H,14,16). The predicted octanol–water partition coefficient (Wildman–Crippen LogP) is 1.68. The first-order chi connectivity index (χ1) is 7.60. The number of amides is 1. The molecular weight excluding hydrogens is 200 g/mol. The summed E-state index contributed by atoms with van der Waals surface area (Å²) in [6, 6.07) is 0. The lowest BCUT2D eigenvalue weighted by atomic mass is 9.98. The van der Waals surface area contributed by atoms with Crippen molar-refractivity contribution in [2.75, 3.05) is 13.1 Å². The van der Waals surface area contributed by atoms with Crippen LogP contribution in [0.5, 0.6) is 0 Å². The van der Waals surface area contributed by atoms with Gasteiger partial charge in [0, 0.05) is 6.54 Å². The highest BCUT2D eigenvalue weighted by Crippen LogP contribution is 2.29. The van der Waals surface area contributed by atoms with Crippen LogP contribution in [0, 0.1) is 11.8 Å². The van der Waals surface area contributed by atoms with Gasteiger partial charge in [-0.05, 0) is 51.0 Å². The Morgan fingerprint density at radius 1 is 1.50 bits per heavy atom. The summed E-state index contributed by atoms with van der Waals surface area (Å²) in [6.07, 6.45) is 5.98. The third-order valence-electron chi connectivity index (χ3n) is 4.22. The fraction of sp³-hybridized carbons (Fsp3) is 0.923. The third kappa shape index (κ3) is 2.57. The van der Waals surface area contributed by atoms with Crippen LogP contribution in [0.3, 0.4) is 0 Å². The number of carbonyl (C=O) groups is 1. The van der Waals surface area contributed by atoms with Gasteiger partial charge in [-0.2, -0.15) is 0 Å². The molecule has 2 N–H and O–H groups in total. The van der Waals surface area contributed by atoms with E-state index in [-0.39, 0.29) is 11.4 Å². The van der Waals surface area contributed by atoms with Crippen molar-refractivity contribution in [3.05, 3.63) is 0 Å². The molecule has 1 heterocycles. The maximum atomic E-state index is 12.0. The fourth-order valence-electron chi connectivity index (χ4n) is 3.03. The second-order valence-electron chi connectivity index (χ2n) is 5.86.